The summed E-state index contributed by atoms with van der Waals surface area (Å²) in [5.41, 5.74) is 1.19. The smallest absolute Gasteiger partial charge is 0.339 e. The van der Waals surface area contributed by atoms with Crippen LogP contribution in [0.15, 0.2) is 57.5 Å². The van der Waals surface area contributed by atoms with Gasteiger partial charge in [0.05, 0.1) is 12.7 Å². The van der Waals surface area contributed by atoms with Crippen LogP contribution in [0.4, 0.5) is 0 Å². The van der Waals surface area contributed by atoms with Gasteiger partial charge in [-0.05, 0) is 34.1 Å². The minimum atomic E-state index is -0.514. The van der Waals surface area contributed by atoms with E-state index in [-0.39, 0.29) is 12.5 Å². The summed E-state index contributed by atoms with van der Waals surface area (Å²) in [7, 11) is 1.53. The van der Waals surface area contributed by atoms with Gasteiger partial charge in [-0.15, -0.1) is 0 Å². The number of halogens is 1. The maximum Gasteiger partial charge on any atom is 0.339 e. The van der Waals surface area contributed by atoms with Crippen LogP contribution in [0.3, 0.4) is 0 Å². The van der Waals surface area contributed by atoms with Crippen molar-refractivity contribution in [2.75, 3.05) is 7.11 Å². The number of esters is 1. The number of methoxy groups -OCH3 is 1. The van der Waals surface area contributed by atoms with Crippen LogP contribution in [0.1, 0.15) is 16.2 Å². The molecule has 0 aliphatic rings. The third-order valence-corrected chi connectivity index (χ3v) is 3.91. The second-order valence-corrected chi connectivity index (χ2v) is 5.65. The highest BCUT2D eigenvalue weighted by atomic mass is 79.9. The lowest BCUT2D eigenvalue weighted by atomic mass is 10.2. The molecule has 0 radical (unpaired) electrons. The van der Waals surface area contributed by atoms with E-state index < -0.39 is 5.97 Å². The molecule has 2 aromatic carbocycles. The molecule has 0 N–H and O–H groups in total. The largest absolute Gasteiger partial charge is 0.497 e. The average molecular weight is 389 g/mol. The molecule has 7 heteroatoms. The number of nitrogens with zero attached hydrogens (tertiary/aromatic N) is 2. The molecule has 1 aromatic heterocycles. The number of hydrogen-bond donors (Lipinski definition) is 0. The van der Waals surface area contributed by atoms with Crippen LogP contribution >= 0.6 is 15.9 Å². The molecule has 0 fully saturated rings. The number of carbonyl (C=O) groups is 1. The Kier molecular flexibility index (Phi) is 4.90. The molecule has 0 saturated carbocycles. The molecule has 122 valence electrons. The van der Waals surface area contributed by atoms with Crippen LogP contribution in [-0.4, -0.2) is 23.2 Å². The fourth-order valence-corrected chi connectivity index (χ4v) is 2.42. The van der Waals surface area contributed by atoms with Crippen molar-refractivity contribution in [3.8, 4) is 17.1 Å². The minimum Gasteiger partial charge on any atom is -0.497 e. The summed E-state index contributed by atoms with van der Waals surface area (Å²) in [5.74, 6) is 0.722. The van der Waals surface area contributed by atoms with E-state index >= 15 is 0 Å². The van der Waals surface area contributed by atoms with Crippen LogP contribution in [0.2, 0.25) is 0 Å². The van der Waals surface area contributed by atoms with Crippen molar-refractivity contribution < 1.29 is 18.8 Å². The van der Waals surface area contributed by atoms with Crippen molar-refractivity contribution in [1.82, 2.24) is 10.1 Å². The first kappa shape index (κ1) is 16.2. The second kappa shape index (κ2) is 7.27. The van der Waals surface area contributed by atoms with E-state index in [1.165, 1.54) is 7.11 Å². The highest BCUT2D eigenvalue weighted by Gasteiger charge is 2.15. The average Bonchev–Trinajstić information content (AvgIpc) is 3.10. The molecule has 0 amide bonds. The van der Waals surface area contributed by atoms with Gasteiger partial charge < -0.3 is 14.0 Å². The Balaban J connectivity index is 1.68. The summed E-state index contributed by atoms with van der Waals surface area (Å²) < 4.78 is 16.0. The van der Waals surface area contributed by atoms with E-state index in [9.17, 15) is 4.79 Å². The van der Waals surface area contributed by atoms with Gasteiger partial charge in [-0.2, -0.15) is 4.98 Å². The number of carbonyl (C=O) groups excluding carboxylic acids is 1. The summed E-state index contributed by atoms with van der Waals surface area (Å²) in [6.07, 6.45) is 0. The molecule has 3 rings (SSSR count). The van der Waals surface area contributed by atoms with Gasteiger partial charge in [0.15, 0.2) is 6.61 Å². The van der Waals surface area contributed by atoms with Gasteiger partial charge >= 0.3 is 5.97 Å². The van der Waals surface area contributed by atoms with Crippen molar-refractivity contribution in [1.29, 1.82) is 0 Å². The monoisotopic (exact) mass is 388 g/mol. The fourth-order valence-electron chi connectivity index (χ4n) is 2.01. The number of rotatable bonds is 5. The summed E-state index contributed by atoms with van der Waals surface area (Å²) >= 11 is 3.31. The Morgan fingerprint density at radius 3 is 2.75 bits per heavy atom. The molecule has 0 unspecified atom stereocenters. The Labute approximate surface area is 146 Å². The van der Waals surface area contributed by atoms with Gasteiger partial charge in [0.2, 0.25) is 5.82 Å². The first-order valence-electron chi connectivity index (χ1n) is 7.06. The normalized spacial score (nSPS) is 10.4. The highest BCUT2D eigenvalue weighted by Crippen LogP contribution is 2.23. The highest BCUT2D eigenvalue weighted by molar-refractivity contribution is 9.10. The summed E-state index contributed by atoms with van der Waals surface area (Å²) in [5, 5.41) is 3.88. The number of hydrogen-bond acceptors (Lipinski definition) is 6. The predicted octanol–water partition coefficient (Wildman–Crippen LogP) is 3.86. The summed E-state index contributed by atoms with van der Waals surface area (Å²) in [6.45, 7) is -0.109. The van der Waals surface area contributed by atoms with E-state index in [1.807, 2.05) is 30.3 Å². The Hall–Kier alpha value is -2.67. The molecular weight excluding hydrogens is 376 g/mol. The van der Waals surface area contributed by atoms with Gasteiger partial charge in [0.1, 0.15) is 5.75 Å². The van der Waals surface area contributed by atoms with Crippen molar-refractivity contribution in [3.05, 3.63) is 64.5 Å². The van der Waals surface area contributed by atoms with Crippen molar-refractivity contribution in [3.63, 3.8) is 0 Å². The van der Waals surface area contributed by atoms with Crippen LogP contribution in [0.25, 0.3) is 11.4 Å². The fraction of sp³-hybridized carbons (Fsp3) is 0.118. The lowest BCUT2D eigenvalue weighted by Gasteiger charge is -2.06. The zero-order chi connectivity index (χ0) is 16.9. The molecule has 0 bridgehead atoms. The molecule has 3 aromatic rings. The first-order valence-corrected chi connectivity index (χ1v) is 7.85. The van der Waals surface area contributed by atoms with Gasteiger partial charge in [0.25, 0.3) is 5.89 Å². The van der Waals surface area contributed by atoms with Crippen LogP contribution in [0, 0.1) is 0 Å². The van der Waals surface area contributed by atoms with Crippen molar-refractivity contribution in [2.45, 2.75) is 6.61 Å². The SMILES string of the molecule is COc1ccc(Br)c(C(=O)OCc2nc(-c3ccccc3)no2)c1. The standard InChI is InChI=1S/C17H13BrN2O4/c1-22-12-7-8-14(18)13(9-12)17(21)23-10-15-19-16(20-24-15)11-5-3-2-4-6-11/h2-9H,10H2,1H3. The minimum absolute atomic E-state index is 0.109. The summed E-state index contributed by atoms with van der Waals surface area (Å²) in [6, 6.07) is 14.5. The van der Waals surface area contributed by atoms with Gasteiger partial charge in [-0.1, -0.05) is 35.5 Å². The zero-order valence-corrected chi connectivity index (χ0v) is 14.3. The second-order valence-electron chi connectivity index (χ2n) is 4.80. The topological polar surface area (TPSA) is 74.5 Å². The Bertz CT molecular complexity index is 849. The van der Waals surface area contributed by atoms with Gasteiger partial charge in [-0.25, -0.2) is 4.79 Å². The van der Waals surface area contributed by atoms with E-state index in [2.05, 4.69) is 26.1 Å². The maximum absolute atomic E-state index is 12.2. The van der Waals surface area contributed by atoms with E-state index in [4.69, 9.17) is 14.0 Å². The van der Waals surface area contributed by atoms with E-state index in [1.54, 1.807) is 18.2 Å². The molecule has 1 heterocycles. The zero-order valence-electron chi connectivity index (χ0n) is 12.7. The molecule has 0 aliphatic heterocycles. The lowest BCUT2D eigenvalue weighted by Crippen LogP contribution is -2.06. The third kappa shape index (κ3) is 3.62. The predicted molar refractivity (Wildman–Crippen MR) is 89.5 cm³/mol. The Morgan fingerprint density at radius 2 is 2.00 bits per heavy atom. The molecule has 0 spiro atoms. The van der Waals surface area contributed by atoms with Crippen LogP contribution < -0.4 is 4.74 Å². The van der Waals surface area contributed by atoms with Gasteiger partial charge in [-0.3, -0.25) is 0 Å². The number of benzene rings is 2. The molecule has 24 heavy (non-hydrogen) atoms. The lowest BCUT2D eigenvalue weighted by molar-refractivity contribution is 0.0428. The molecule has 0 aliphatic carbocycles. The van der Waals surface area contributed by atoms with E-state index in [0.717, 1.165) is 5.56 Å². The maximum atomic E-state index is 12.2. The number of aromatic nitrogens is 2. The van der Waals surface area contributed by atoms with Crippen molar-refractivity contribution >= 4 is 21.9 Å². The third-order valence-electron chi connectivity index (χ3n) is 3.22. The molecule has 6 nitrogen and oxygen atoms in total. The van der Waals surface area contributed by atoms with Crippen LogP contribution in [0.5, 0.6) is 5.75 Å². The molecular formula is C17H13BrN2O4. The quantitative estimate of drug-likeness (QED) is 0.617. The van der Waals surface area contributed by atoms with E-state index in [0.29, 0.717) is 21.6 Å². The number of ether oxygens (including phenoxy) is 2. The Morgan fingerprint density at radius 1 is 1.21 bits per heavy atom. The van der Waals surface area contributed by atoms with Gasteiger partial charge in [0, 0.05) is 10.0 Å². The first-order chi connectivity index (χ1) is 11.7. The molecule has 0 saturated heterocycles. The van der Waals surface area contributed by atoms with Crippen molar-refractivity contribution in [2.24, 2.45) is 0 Å². The van der Waals surface area contributed by atoms with Crippen LogP contribution in [-0.2, 0) is 11.3 Å². The molecule has 0 atom stereocenters. The summed E-state index contributed by atoms with van der Waals surface area (Å²) in [4.78, 5) is 16.4.